The molecule has 3 heteroatoms. The molecule has 0 bridgehead atoms. The Hall–Kier alpha value is -0.340. The lowest BCUT2D eigenvalue weighted by Gasteiger charge is -2.02. The van der Waals surface area contributed by atoms with E-state index < -0.39 is 0 Å². The van der Waals surface area contributed by atoms with Gasteiger partial charge in [-0.2, -0.15) is 0 Å². The lowest BCUT2D eigenvalue weighted by molar-refractivity contribution is 0.414. The molecule has 0 aliphatic heterocycles. The first-order valence-corrected chi connectivity index (χ1v) is 4.75. The number of halogens is 1. The smallest absolute Gasteiger partial charge is 0.121 e. The second-order valence-corrected chi connectivity index (χ2v) is 3.35. The van der Waals surface area contributed by atoms with Crippen molar-refractivity contribution >= 4 is 23.4 Å². The monoisotopic (exact) mass is 188 g/mol. The van der Waals surface area contributed by atoms with Crippen LogP contribution < -0.4 is 4.74 Å². The van der Waals surface area contributed by atoms with Crippen molar-refractivity contribution in [1.82, 2.24) is 0 Å². The van der Waals surface area contributed by atoms with E-state index in [0.717, 1.165) is 10.6 Å². The minimum Gasteiger partial charge on any atom is -0.497 e. The highest BCUT2D eigenvalue weighted by atomic mass is 35.5. The molecule has 1 rings (SSSR count). The van der Waals surface area contributed by atoms with Gasteiger partial charge >= 0.3 is 0 Å². The Morgan fingerprint density at radius 2 is 2.09 bits per heavy atom. The topological polar surface area (TPSA) is 9.23 Å². The summed E-state index contributed by atoms with van der Waals surface area (Å²) in [6.45, 7) is 0. The van der Waals surface area contributed by atoms with Crippen molar-refractivity contribution in [3.63, 3.8) is 0 Å². The van der Waals surface area contributed by atoms with E-state index >= 15 is 0 Å². The third kappa shape index (κ3) is 2.31. The van der Waals surface area contributed by atoms with Gasteiger partial charge in [0.1, 0.15) is 5.75 Å². The highest BCUT2D eigenvalue weighted by Gasteiger charge is 1.97. The summed E-state index contributed by atoms with van der Waals surface area (Å²) >= 11 is 7.46. The van der Waals surface area contributed by atoms with Crippen LogP contribution in [-0.4, -0.2) is 13.4 Å². The number of methoxy groups -OCH3 is 1. The standard InChI is InChI=1S/C8H9ClOS/c1-10-7-3-6(9)4-8(5-7)11-2/h3-5H,1-2H3. The molecule has 0 aliphatic carbocycles. The SMILES string of the molecule is COc1cc(Cl)cc(SC)c1. The molecule has 0 fully saturated rings. The molecule has 0 amide bonds. The van der Waals surface area contributed by atoms with Crippen LogP contribution in [0.15, 0.2) is 23.1 Å². The summed E-state index contributed by atoms with van der Waals surface area (Å²) in [6, 6.07) is 5.66. The third-order valence-corrected chi connectivity index (χ3v) is 2.24. The van der Waals surface area contributed by atoms with Crippen molar-refractivity contribution in [1.29, 1.82) is 0 Å². The van der Waals surface area contributed by atoms with Gasteiger partial charge in [0.15, 0.2) is 0 Å². The average Bonchev–Trinajstić information content (AvgIpc) is 2.03. The van der Waals surface area contributed by atoms with Gasteiger partial charge in [-0.05, 0) is 24.5 Å². The molecule has 0 saturated heterocycles. The Labute approximate surface area is 75.7 Å². The average molecular weight is 189 g/mol. The summed E-state index contributed by atoms with van der Waals surface area (Å²) in [5.74, 6) is 0.807. The van der Waals surface area contributed by atoms with E-state index in [0.29, 0.717) is 5.02 Å². The van der Waals surface area contributed by atoms with Crippen LogP contribution in [0.4, 0.5) is 0 Å². The predicted molar refractivity (Wildman–Crippen MR) is 49.8 cm³/mol. The fraction of sp³-hybridized carbons (Fsp3) is 0.250. The van der Waals surface area contributed by atoms with Crippen molar-refractivity contribution in [2.75, 3.05) is 13.4 Å². The van der Waals surface area contributed by atoms with Gasteiger partial charge in [-0.3, -0.25) is 0 Å². The molecule has 0 radical (unpaired) electrons. The Kier molecular flexibility index (Phi) is 3.09. The van der Waals surface area contributed by atoms with Gasteiger partial charge in [-0.15, -0.1) is 11.8 Å². The number of hydrogen-bond donors (Lipinski definition) is 0. The fourth-order valence-electron chi connectivity index (χ4n) is 0.773. The molecule has 60 valence electrons. The molecule has 1 nitrogen and oxygen atoms in total. The molecule has 0 N–H and O–H groups in total. The number of rotatable bonds is 2. The molecule has 0 heterocycles. The third-order valence-electron chi connectivity index (χ3n) is 1.32. The van der Waals surface area contributed by atoms with Crippen molar-refractivity contribution in [2.24, 2.45) is 0 Å². The minimum atomic E-state index is 0.716. The van der Waals surface area contributed by atoms with Crippen LogP contribution in [0.5, 0.6) is 5.75 Å². The van der Waals surface area contributed by atoms with Crippen molar-refractivity contribution in [3.8, 4) is 5.75 Å². The highest BCUT2D eigenvalue weighted by molar-refractivity contribution is 7.98. The summed E-state index contributed by atoms with van der Waals surface area (Å²) < 4.78 is 5.04. The van der Waals surface area contributed by atoms with E-state index in [1.807, 2.05) is 18.4 Å². The van der Waals surface area contributed by atoms with E-state index in [4.69, 9.17) is 16.3 Å². The molecule has 1 aromatic rings. The van der Waals surface area contributed by atoms with Gasteiger partial charge in [0, 0.05) is 9.92 Å². The lowest BCUT2D eigenvalue weighted by Crippen LogP contribution is -1.82. The van der Waals surface area contributed by atoms with Gasteiger partial charge in [0.2, 0.25) is 0 Å². The molecule has 1 aromatic carbocycles. The molecule has 0 spiro atoms. The molecule has 0 aromatic heterocycles. The second-order valence-electron chi connectivity index (χ2n) is 2.03. The largest absolute Gasteiger partial charge is 0.497 e. The first kappa shape index (κ1) is 8.75. The number of thioether (sulfide) groups is 1. The Balaban J connectivity index is 3.02. The number of benzene rings is 1. The van der Waals surface area contributed by atoms with Crippen LogP contribution in [-0.2, 0) is 0 Å². The van der Waals surface area contributed by atoms with Gasteiger partial charge in [0.05, 0.1) is 7.11 Å². The molecule has 0 saturated carbocycles. The quantitative estimate of drug-likeness (QED) is 0.660. The molecular formula is C8H9ClOS. The van der Waals surface area contributed by atoms with Gasteiger partial charge in [0.25, 0.3) is 0 Å². The summed E-state index contributed by atoms with van der Waals surface area (Å²) in [5.41, 5.74) is 0. The minimum absolute atomic E-state index is 0.716. The normalized spacial score (nSPS) is 9.73. The van der Waals surface area contributed by atoms with Crippen molar-refractivity contribution in [3.05, 3.63) is 23.2 Å². The maximum Gasteiger partial charge on any atom is 0.121 e. The van der Waals surface area contributed by atoms with Crippen LogP contribution >= 0.6 is 23.4 Å². The number of ether oxygens (including phenoxy) is 1. The summed E-state index contributed by atoms with van der Waals surface area (Å²) in [5, 5.41) is 0.716. The second kappa shape index (κ2) is 3.88. The van der Waals surface area contributed by atoms with E-state index in [9.17, 15) is 0 Å². The first-order valence-electron chi connectivity index (χ1n) is 3.15. The van der Waals surface area contributed by atoms with Gasteiger partial charge < -0.3 is 4.74 Å². The highest BCUT2D eigenvalue weighted by Crippen LogP contribution is 2.25. The van der Waals surface area contributed by atoms with Crippen molar-refractivity contribution < 1.29 is 4.74 Å². The predicted octanol–water partition coefficient (Wildman–Crippen LogP) is 3.07. The maximum atomic E-state index is 5.81. The van der Waals surface area contributed by atoms with E-state index in [1.54, 1.807) is 24.9 Å². The summed E-state index contributed by atoms with van der Waals surface area (Å²) in [4.78, 5) is 1.12. The fourth-order valence-corrected chi connectivity index (χ4v) is 1.54. The van der Waals surface area contributed by atoms with E-state index in [1.165, 1.54) is 0 Å². The molecule has 0 aliphatic rings. The molecular weight excluding hydrogens is 180 g/mol. The zero-order valence-electron chi connectivity index (χ0n) is 6.43. The Bertz CT molecular complexity index is 228. The molecule has 0 unspecified atom stereocenters. The van der Waals surface area contributed by atoms with E-state index in [-0.39, 0.29) is 0 Å². The van der Waals surface area contributed by atoms with Crippen LogP contribution in [0.25, 0.3) is 0 Å². The molecule has 0 atom stereocenters. The Morgan fingerprint density at radius 3 is 2.64 bits per heavy atom. The number of hydrogen-bond acceptors (Lipinski definition) is 2. The van der Waals surface area contributed by atoms with Crippen LogP contribution in [0.1, 0.15) is 0 Å². The lowest BCUT2D eigenvalue weighted by atomic mass is 10.3. The Morgan fingerprint density at radius 1 is 1.36 bits per heavy atom. The maximum absolute atomic E-state index is 5.81. The summed E-state index contributed by atoms with van der Waals surface area (Å²) in [7, 11) is 1.63. The zero-order valence-corrected chi connectivity index (χ0v) is 8.00. The van der Waals surface area contributed by atoms with Gasteiger partial charge in [-0.25, -0.2) is 0 Å². The van der Waals surface area contributed by atoms with Crippen molar-refractivity contribution in [2.45, 2.75) is 4.90 Å². The van der Waals surface area contributed by atoms with E-state index in [2.05, 4.69) is 0 Å². The van der Waals surface area contributed by atoms with Crippen LogP contribution in [0.2, 0.25) is 5.02 Å². The van der Waals surface area contributed by atoms with Crippen LogP contribution in [0.3, 0.4) is 0 Å². The first-order chi connectivity index (χ1) is 5.26. The summed E-state index contributed by atoms with van der Waals surface area (Å²) in [6.07, 6.45) is 2.01. The molecule has 11 heavy (non-hydrogen) atoms. The van der Waals surface area contributed by atoms with Gasteiger partial charge in [-0.1, -0.05) is 11.6 Å². The zero-order chi connectivity index (χ0) is 8.27. The van der Waals surface area contributed by atoms with Crippen LogP contribution in [0, 0.1) is 0 Å².